The van der Waals surface area contributed by atoms with Gasteiger partial charge in [0.05, 0.1) is 35.1 Å². The van der Waals surface area contributed by atoms with Crippen molar-refractivity contribution in [1.29, 1.82) is 0 Å². The average Bonchev–Trinajstić information content (AvgIpc) is 2.83. The normalized spacial score (nSPS) is 21.1. The molecule has 4 nitrogen and oxygen atoms in total. The fourth-order valence-corrected chi connectivity index (χ4v) is 3.92. The standard InChI is InChI=1S/C14H24BrN3OS/c1-3-5-16-13(12-10-20-8-7-19-12)14-11(15)9-17-18(14)6-4-2/h9,12-13,16H,3-8,10H2,1-2H3. The van der Waals surface area contributed by atoms with Crippen LogP contribution in [0.25, 0.3) is 0 Å². The second kappa shape index (κ2) is 8.41. The molecule has 20 heavy (non-hydrogen) atoms. The predicted octanol–water partition coefficient (Wildman–Crippen LogP) is 3.23. The molecule has 2 heterocycles. The molecule has 1 aromatic heterocycles. The zero-order chi connectivity index (χ0) is 14.4. The van der Waals surface area contributed by atoms with Gasteiger partial charge in [0, 0.05) is 18.1 Å². The Morgan fingerprint density at radius 1 is 1.55 bits per heavy atom. The summed E-state index contributed by atoms with van der Waals surface area (Å²) < 4.78 is 9.20. The van der Waals surface area contributed by atoms with Crippen LogP contribution >= 0.6 is 27.7 Å². The molecule has 0 aromatic carbocycles. The maximum Gasteiger partial charge on any atom is 0.0875 e. The van der Waals surface area contributed by atoms with Crippen LogP contribution in [-0.4, -0.2) is 40.5 Å². The fraction of sp³-hybridized carbons (Fsp3) is 0.786. The summed E-state index contributed by atoms with van der Waals surface area (Å²) in [6, 6.07) is 0.214. The monoisotopic (exact) mass is 361 g/mol. The highest BCUT2D eigenvalue weighted by Crippen LogP contribution is 2.30. The van der Waals surface area contributed by atoms with Gasteiger partial charge in [0.1, 0.15) is 0 Å². The fourth-order valence-electron chi connectivity index (χ4n) is 2.47. The van der Waals surface area contributed by atoms with Gasteiger partial charge in [-0.15, -0.1) is 0 Å². The van der Waals surface area contributed by atoms with Crippen molar-refractivity contribution in [1.82, 2.24) is 15.1 Å². The largest absolute Gasteiger partial charge is 0.374 e. The van der Waals surface area contributed by atoms with E-state index in [-0.39, 0.29) is 12.1 Å². The van der Waals surface area contributed by atoms with Gasteiger partial charge in [0.25, 0.3) is 0 Å². The average molecular weight is 362 g/mol. The third kappa shape index (κ3) is 4.00. The molecule has 0 spiro atoms. The Labute approximate surface area is 134 Å². The molecule has 1 saturated heterocycles. The van der Waals surface area contributed by atoms with Crippen LogP contribution in [0.5, 0.6) is 0 Å². The lowest BCUT2D eigenvalue weighted by Crippen LogP contribution is -2.40. The lowest BCUT2D eigenvalue weighted by Gasteiger charge is -2.31. The van der Waals surface area contributed by atoms with Crippen LogP contribution in [0.2, 0.25) is 0 Å². The number of hydrogen-bond donors (Lipinski definition) is 1. The van der Waals surface area contributed by atoms with Gasteiger partial charge in [-0.1, -0.05) is 13.8 Å². The van der Waals surface area contributed by atoms with Crippen molar-refractivity contribution in [3.05, 3.63) is 16.4 Å². The Morgan fingerprint density at radius 2 is 2.40 bits per heavy atom. The summed E-state index contributed by atoms with van der Waals surface area (Å²) in [5, 5.41) is 8.15. The summed E-state index contributed by atoms with van der Waals surface area (Å²) in [6.07, 6.45) is 4.34. The maximum atomic E-state index is 6.00. The van der Waals surface area contributed by atoms with Gasteiger partial charge in [0.2, 0.25) is 0 Å². The van der Waals surface area contributed by atoms with E-state index in [4.69, 9.17) is 4.74 Å². The van der Waals surface area contributed by atoms with Crippen LogP contribution in [0.4, 0.5) is 0 Å². The molecule has 6 heteroatoms. The second-order valence-corrected chi connectivity index (χ2v) is 7.02. The van der Waals surface area contributed by atoms with E-state index < -0.39 is 0 Å². The smallest absolute Gasteiger partial charge is 0.0875 e. The van der Waals surface area contributed by atoms with Crippen molar-refractivity contribution in [3.8, 4) is 0 Å². The first-order valence-corrected chi connectivity index (χ1v) is 9.36. The molecule has 1 aliphatic heterocycles. The third-order valence-corrected chi connectivity index (χ3v) is 5.02. The molecule has 1 N–H and O–H groups in total. The molecule has 0 saturated carbocycles. The molecule has 1 aliphatic rings. The maximum absolute atomic E-state index is 6.00. The van der Waals surface area contributed by atoms with Crippen molar-refractivity contribution in [2.45, 2.75) is 45.4 Å². The second-order valence-electron chi connectivity index (χ2n) is 5.02. The van der Waals surface area contributed by atoms with Crippen molar-refractivity contribution < 1.29 is 4.74 Å². The molecular weight excluding hydrogens is 338 g/mol. The Morgan fingerprint density at radius 3 is 3.05 bits per heavy atom. The highest BCUT2D eigenvalue weighted by atomic mass is 79.9. The molecule has 0 bridgehead atoms. The molecule has 114 valence electrons. The number of halogens is 1. The van der Waals surface area contributed by atoms with Crippen LogP contribution in [0.1, 0.15) is 38.4 Å². The predicted molar refractivity (Wildman–Crippen MR) is 88.3 cm³/mol. The quantitative estimate of drug-likeness (QED) is 0.808. The number of aromatic nitrogens is 2. The molecular formula is C14H24BrN3OS. The Kier molecular flexibility index (Phi) is 6.87. The van der Waals surface area contributed by atoms with Gasteiger partial charge in [-0.25, -0.2) is 0 Å². The summed E-state index contributed by atoms with van der Waals surface area (Å²) in [4.78, 5) is 0. The summed E-state index contributed by atoms with van der Waals surface area (Å²) in [6.45, 7) is 7.17. The van der Waals surface area contributed by atoms with Gasteiger partial charge >= 0.3 is 0 Å². The van der Waals surface area contributed by atoms with Crippen molar-refractivity contribution >= 4 is 27.7 Å². The number of nitrogens with one attached hydrogen (secondary N) is 1. The van der Waals surface area contributed by atoms with Crippen LogP contribution in [0, 0.1) is 0 Å². The van der Waals surface area contributed by atoms with Crippen molar-refractivity contribution in [2.75, 3.05) is 24.7 Å². The van der Waals surface area contributed by atoms with E-state index in [1.165, 1.54) is 5.69 Å². The first-order chi connectivity index (χ1) is 9.77. The highest BCUT2D eigenvalue weighted by molar-refractivity contribution is 9.10. The van der Waals surface area contributed by atoms with E-state index in [2.05, 4.69) is 44.9 Å². The molecule has 1 fully saturated rings. The Hall–Kier alpha value is -0.0400. The zero-order valence-corrected chi connectivity index (χ0v) is 14.7. The van der Waals surface area contributed by atoms with Crippen molar-refractivity contribution in [2.24, 2.45) is 0 Å². The van der Waals surface area contributed by atoms with Crippen LogP contribution < -0.4 is 5.32 Å². The van der Waals surface area contributed by atoms with Gasteiger partial charge in [-0.3, -0.25) is 4.68 Å². The number of hydrogen-bond acceptors (Lipinski definition) is 4. The van der Waals surface area contributed by atoms with E-state index >= 15 is 0 Å². The van der Waals surface area contributed by atoms with E-state index in [1.54, 1.807) is 0 Å². The molecule has 2 rings (SSSR count). The molecule has 0 amide bonds. The van der Waals surface area contributed by atoms with Crippen LogP contribution in [0.3, 0.4) is 0 Å². The summed E-state index contributed by atoms with van der Waals surface area (Å²) in [7, 11) is 0. The topological polar surface area (TPSA) is 39.1 Å². The number of rotatable bonds is 7. The van der Waals surface area contributed by atoms with E-state index in [1.807, 2.05) is 18.0 Å². The number of nitrogens with zero attached hydrogens (tertiary/aromatic N) is 2. The minimum absolute atomic E-state index is 0.214. The van der Waals surface area contributed by atoms with Gasteiger partial charge in [0.15, 0.2) is 0 Å². The van der Waals surface area contributed by atoms with E-state index in [0.29, 0.717) is 0 Å². The van der Waals surface area contributed by atoms with Crippen LogP contribution in [0.15, 0.2) is 10.7 Å². The highest BCUT2D eigenvalue weighted by Gasteiger charge is 2.30. The van der Waals surface area contributed by atoms with Crippen molar-refractivity contribution in [3.63, 3.8) is 0 Å². The lowest BCUT2D eigenvalue weighted by atomic mass is 10.1. The minimum atomic E-state index is 0.214. The number of aryl methyl sites for hydroxylation is 1. The first-order valence-electron chi connectivity index (χ1n) is 7.41. The lowest BCUT2D eigenvalue weighted by molar-refractivity contribution is 0.0442. The Bertz CT molecular complexity index is 407. The summed E-state index contributed by atoms with van der Waals surface area (Å²) in [5.74, 6) is 2.15. The first kappa shape index (κ1) is 16.3. The molecule has 2 unspecified atom stereocenters. The Balaban J connectivity index is 2.22. The van der Waals surface area contributed by atoms with Crippen LogP contribution in [-0.2, 0) is 11.3 Å². The number of thioether (sulfide) groups is 1. The minimum Gasteiger partial charge on any atom is -0.374 e. The molecule has 0 aliphatic carbocycles. The SMILES string of the molecule is CCCNC(c1c(Br)cnn1CCC)C1CSCCO1. The molecule has 1 aromatic rings. The molecule has 0 radical (unpaired) electrons. The van der Waals surface area contributed by atoms with E-state index in [0.717, 1.165) is 48.5 Å². The van der Waals surface area contributed by atoms with E-state index in [9.17, 15) is 0 Å². The summed E-state index contributed by atoms with van der Waals surface area (Å²) >= 11 is 5.64. The van der Waals surface area contributed by atoms with Gasteiger partial charge in [-0.05, 0) is 35.3 Å². The van der Waals surface area contributed by atoms with Gasteiger partial charge < -0.3 is 10.1 Å². The summed E-state index contributed by atoms with van der Waals surface area (Å²) in [5.41, 5.74) is 1.23. The zero-order valence-electron chi connectivity index (χ0n) is 12.3. The third-order valence-electron chi connectivity index (χ3n) is 3.39. The number of ether oxygens (including phenoxy) is 1. The molecule has 2 atom stereocenters. The van der Waals surface area contributed by atoms with Gasteiger partial charge in [-0.2, -0.15) is 16.9 Å².